The second kappa shape index (κ2) is 6.88. The molecule has 5 N–H and O–H groups in total. The second-order valence-corrected chi connectivity index (χ2v) is 6.23. The predicted octanol–water partition coefficient (Wildman–Crippen LogP) is 0.926. The van der Waals surface area contributed by atoms with Crippen LogP contribution in [0.2, 0.25) is 0 Å². The van der Waals surface area contributed by atoms with E-state index < -0.39 is 23.8 Å². The average Bonchev–Trinajstić information content (AvgIpc) is 2.78. The molecule has 1 aromatic heterocycles. The molecule has 1 aromatic carbocycles. The molecule has 0 bridgehead atoms. The van der Waals surface area contributed by atoms with Gasteiger partial charge >= 0.3 is 0 Å². The van der Waals surface area contributed by atoms with Gasteiger partial charge in [-0.25, -0.2) is 0 Å². The van der Waals surface area contributed by atoms with Gasteiger partial charge in [0.1, 0.15) is 0 Å². The minimum atomic E-state index is -1.55. The van der Waals surface area contributed by atoms with Crippen molar-refractivity contribution < 1.29 is 14.4 Å². The topological polar surface area (TPSA) is 120 Å². The summed E-state index contributed by atoms with van der Waals surface area (Å²) >= 11 is 3.41. The number of nitrogens with zero attached hydrogens (tertiary/aromatic N) is 1. The number of rotatable bonds is 5. The standard InChI is InChI=1S/C16H17BrN4O3/c1-8-6-12(16(24)20-13(14(18)22)15(19)23)9(2)21(8)11-5-3-4-10(17)7-11/h3-7,13H,1-2H3,(H2,18,22)(H2,19,23)(H,20,24). The van der Waals surface area contributed by atoms with Crippen LogP contribution in [0.5, 0.6) is 0 Å². The van der Waals surface area contributed by atoms with Crippen molar-refractivity contribution in [3.05, 3.63) is 51.8 Å². The number of aryl methyl sites for hydroxylation is 1. The van der Waals surface area contributed by atoms with Gasteiger partial charge < -0.3 is 21.4 Å². The molecule has 3 amide bonds. The molecule has 8 heteroatoms. The van der Waals surface area contributed by atoms with Crippen LogP contribution in [0.1, 0.15) is 21.7 Å². The molecule has 0 fully saturated rings. The van der Waals surface area contributed by atoms with E-state index in [9.17, 15) is 14.4 Å². The first-order valence-corrected chi connectivity index (χ1v) is 7.86. The van der Waals surface area contributed by atoms with E-state index in [1.54, 1.807) is 13.0 Å². The zero-order chi connectivity index (χ0) is 18.0. The fourth-order valence-electron chi connectivity index (χ4n) is 2.50. The van der Waals surface area contributed by atoms with Gasteiger partial charge in [-0.2, -0.15) is 0 Å². The Kier molecular flexibility index (Phi) is 5.08. The quantitative estimate of drug-likeness (QED) is 0.656. The van der Waals surface area contributed by atoms with Gasteiger partial charge in [0.25, 0.3) is 5.91 Å². The SMILES string of the molecule is Cc1cc(C(=O)NC(C(N)=O)C(N)=O)c(C)n1-c1cccc(Br)c1. The number of carbonyl (C=O) groups excluding carboxylic acids is 3. The summed E-state index contributed by atoms with van der Waals surface area (Å²) in [6, 6.07) is 7.72. The second-order valence-electron chi connectivity index (χ2n) is 5.31. The summed E-state index contributed by atoms with van der Waals surface area (Å²) in [5.41, 5.74) is 12.9. The Bertz CT molecular complexity index is 815. The molecule has 0 unspecified atom stereocenters. The summed E-state index contributed by atoms with van der Waals surface area (Å²) in [5, 5.41) is 2.27. The first-order chi connectivity index (χ1) is 11.2. The lowest BCUT2D eigenvalue weighted by atomic mass is 10.2. The smallest absolute Gasteiger partial charge is 0.254 e. The number of primary amides is 2. The Labute approximate surface area is 147 Å². The number of nitrogens with one attached hydrogen (secondary N) is 1. The average molecular weight is 393 g/mol. The predicted molar refractivity (Wildman–Crippen MR) is 92.6 cm³/mol. The van der Waals surface area contributed by atoms with Crippen molar-refractivity contribution in [2.75, 3.05) is 0 Å². The summed E-state index contributed by atoms with van der Waals surface area (Å²) in [5.74, 6) is -2.60. The van der Waals surface area contributed by atoms with Crippen molar-refractivity contribution in [2.45, 2.75) is 19.9 Å². The van der Waals surface area contributed by atoms with Crippen molar-refractivity contribution in [2.24, 2.45) is 11.5 Å². The summed E-state index contributed by atoms with van der Waals surface area (Å²) in [6.07, 6.45) is 0. The first kappa shape index (κ1) is 17.7. The van der Waals surface area contributed by atoms with Gasteiger partial charge in [-0.3, -0.25) is 14.4 Å². The zero-order valence-electron chi connectivity index (χ0n) is 13.2. The van der Waals surface area contributed by atoms with Crippen LogP contribution in [0.3, 0.4) is 0 Å². The molecule has 2 aromatic rings. The number of hydrogen-bond donors (Lipinski definition) is 3. The van der Waals surface area contributed by atoms with E-state index in [2.05, 4.69) is 21.2 Å². The lowest BCUT2D eigenvalue weighted by Crippen LogP contribution is -2.52. The van der Waals surface area contributed by atoms with Gasteiger partial charge in [-0.05, 0) is 38.1 Å². The maximum absolute atomic E-state index is 12.4. The van der Waals surface area contributed by atoms with Gasteiger partial charge in [0.05, 0.1) is 5.56 Å². The lowest BCUT2D eigenvalue weighted by molar-refractivity contribution is -0.128. The van der Waals surface area contributed by atoms with Crippen LogP contribution in [0.4, 0.5) is 0 Å². The number of nitrogens with two attached hydrogens (primary N) is 2. The monoisotopic (exact) mass is 392 g/mol. The third-order valence-corrected chi connectivity index (χ3v) is 4.08. The fraction of sp³-hybridized carbons (Fsp3) is 0.188. The minimum absolute atomic E-state index is 0.333. The third kappa shape index (κ3) is 3.48. The molecule has 0 spiro atoms. The van der Waals surface area contributed by atoms with E-state index in [0.717, 1.165) is 15.9 Å². The van der Waals surface area contributed by atoms with Gasteiger partial charge in [-0.1, -0.05) is 22.0 Å². The maximum atomic E-state index is 12.4. The molecule has 2 rings (SSSR count). The molecule has 0 aliphatic rings. The van der Waals surface area contributed by atoms with Crippen molar-refractivity contribution in [3.8, 4) is 5.69 Å². The summed E-state index contributed by atoms with van der Waals surface area (Å²) in [7, 11) is 0. The third-order valence-electron chi connectivity index (χ3n) is 3.59. The minimum Gasteiger partial charge on any atom is -0.367 e. The Hall–Kier alpha value is -2.61. The van der Waals surface area contributed by atoms with E-state index in [4.69, 9.17) is 11.5 Å². The number of carbonyl (C=O) groups is 3. The molecule has 1 heterocycles. The van der Waals surface area contributed by atoms with Gasteiger partial charge in [0.2, 0.25) is 11.8 Å². The number of amides is 3. The highest BCUT2D eigenvalue weighted by molar-refractivity contribution is 9.10. The first-order valence-electron chi connectivity index (χ1n) is 7.06. The molecule has 0 aliphatic carbocycles. The molecule has 0 saturated heterocycles. The Morgan fingerprint density at radius 1 is 1.12 bits per heavy atom. The van der Waals surface area contributed by atoms with Crippen molar-refractivity contribution >= 4 is 33.7 Å². The van der Waals surface area contributed by atoms with Crippen molar-refractivity contribution in [1.29, 1.82) is 0 Å². The highest BCUT2D eigenvalue weighted by Gasteiger charge is 2.26. The van der Waals surface area contributed by atoms with E-state index >= 15 is 0 Å². The molecular formula is C16H17BrN4O3. The summed E-state index contributed by atoms with van der Waals surface area (Å²) < 4.78 is 2.80. The van der Waals surface area contributed by atoms with Crippen molar-refractivity contribution in [1.82, 2.24) is 9.88 Å². The highest BCUT2D eigenvalue weighted by atomic mass is 79.9. The number of aromatic nitrogens is 1. The van der Waals surface area contributed by atoms with Crippen LogP contribution in [0, 0.1) is 13.8 Å². The maximum Gasteiger partial charge on any atom is 0.254 e. The highest BCUT2D eigenvalue weighted by Crippen LogP contribution is 2.23. The normalized spacial score (nSPS) is 10.7. The van der Waals surface area contributed by atoms with Crippen LogP contribution in [0.25, 0.3) is 5.69 Å². The van der Waals surface area contributed by atoms with Crippen LogP contribution in [-0.4, -0.2) is 28.3 Å². The van der Waals surface area contributed by atoms with E-state index in [-0.39, 0.29) is 0 Å². The Morgan fingerprint density at radius 3 is 2.29 bits per heavy atom. The molecule has 0 atom stereocenters. The molecule has 0 radical (unpaired) electrons. The van der Waals surface area contributed by atoms with Crippen LogP contribution in [-0.2, 0) is 9.59 Å². The summed E-state index contributed by atoms with van der Waals surface area (Å²) in [6.45, 7) is 3.62. The molecular weight excluding hydrogens is 376 g/mol. The van der Waals surface area contributed by atoms with Gasteiger partial charge in [0.15, 0.2) is 6.04 Å². The molecule has 126 valence electrons. The molecule has 7 nitrogen and oxygen atoms in total. The zero-order valence-corrected chi connectivity index (χ0v) is 14.8. The van der Waals surface area contributed by atoms with Gasteiger partial charge in [0, 0.05) is 21.5 Å². The van der Waals surface area contributed by atoms with E-state index in [1.807, 2.05) is 35.8 Å². The van der Waals surface area contributed by atoms with E-state index in [1.165, 1.54) is 0 Å². The largest absolute Gasteiger partial charge is 0.367 e. The molecule has 0 saturated carbocycles. The fourth-order valence-corrected chi connectivity index (χ4v) is 2.88. The van der Waals surface area contributed by atoms with Crippen LogP contribution >= 0.6 is 15.9 Å². The van der Waals surface area contributed by atoms with Crippen LogP contribution < -0.4 is 16.8 Å². The Balaban J connectivity index is 2.40. The van der Waals surface area contributed by atoms with Crippen LogP contribution in [0.15, 0.2) is 34.8 Å². The van der Waals surface area contributed by atoms with Crippen molar-refractivity contribution in [3.63, 3.8) is 0 Å². The lowest BCUT2D eigenvalue weighted by Gasteiger charge is -2.13. The number of halogens is 1. The van der Waals surface area contributed by atoms with Gasteiger partial charge in [-0.15, -0.1) is 0 Å². The summed E-state index contributed by atoms with van der Waals surface area (Å²) in [4.78, 5) is 34.8. The number of hydrogen-bond acceptors (Lipinski definition) is 3. The molecule has 24 heavy (non-hydrogen) atoms. The van der Waals surface area contributed by atoms with E-state index in [0.29, 0.717) is 11.3 Å². The number of benzene rings is 1. The molecule has 0 aliphatic heterocycles. The Morgan fingerprint density at radius 2 is 1.75 bits per heavy atom.